The number of carbonyl (C=O) groups excluding carboxylic acids is 1. The van der Waals surface area contributed by atoms with Crippen LogP contribution in [0.4, 0.5) is 0 Å². The predicted molar refractivity (Wildman–Crippen MR) is 133 cm³/mol. The molecule has 2 aliphatic rings. The molecule has 0 saturated carbocycles. The number of esters is 1. The fourth-order valence-electron chi connectivity index (χ4n) is 4.99. The predicted octanol–water partition coefficient (Wildman–Crippen LogP) is 5.39. The highest BCUT2D eigenvalue weighted by Crippen LogP contribution is 2.51. The van der Waals surface area contributed by atoms with Crippen molar-refractivity contribution in [2.45, 2.75) is 52.2 Å². The van der Waals surface area contributed by atoms with E-state index in [1.807, 2.05) is 50.4 Å². The SMILES string of the molecule is CC=C1C2C=C(C)CC1(N=CC=Cc1ccc(C(=O)OC(C)C)cc1)c1ccc(=O)[nH]c1C2. The second-order valence-corrected chi connectivity index (χ2v) is 9.03. The van der Waals surface area contributed by atoms with Gasteiger partial charge in [0.15, 0.2) is 0 Å². The minimum Gasteiger partial charge on any atom is -0.459 e. The molecule has 33 heavy (non-hydrogen) atoms. The maximum absolute atomic E-state index is 12.0. The second kappa shape index (κ2) is 9.18. The summed E-state index contributed by atoms with van der Waals surface area (Å²) in [6.45, 7) is 7.89. The van der Waals surface area contributed by atoms with Crippen molar-refractivity contribution in [2.24, 2.45) is 10.9 Å². The molecule has 2 unspecified atom stereocenters. The molecule has 5 heteroatoms. The third kappa shape index (κ3) is 4.54. The van der Waals surface area contributed by atoms with E-state index < -0.39 is 5.54 Å². The zero-order valence-corrected chi connectivity index (χ0v) is 19.6. The summed E-state index contributed by atoms with van der Waals surface area (Å²) in [4.78, 5) is 32.1. The van der Waals surface area contributed by atoms with Crippen molar-refractivity contribution in [2.75, 3.05) is 0 Å². The van der Waals surface area contributed by atoms with Crippen LogP contribution in [0.2, 0.25) is 0 Å². The maximum Gasteiger partial charge on any atom is 0.338 e. The third-order valence-electron chi connectivity index (χ3n) is 6.24. The lowest BCUT2D eigenvalue weighted by molar-refractivity contribution is 0.0378. The van der Waals surface area contributed by atoms with Crippen molar-refractivity contribution in [1.82, 2.24) is 4.98 Å². The average molecular weight is 443 g/mol. The van der Waals surface area contributed by atoms with Crippen LogP contribution in [0, 0.1) is 5.92 Å². The first kappa shape index (κ1) is 22.7. The first-order valence-corrected chi connectivity index (χ1v) is 11.4. The Morgan fingerprint density at radius 1 is 1.21 bits per heavy atom. The number of carbonyl (C=O) groups is 1. The van der Waals surface area contributed by atoms with Gasteiger partial charge < -0.3 is 9.72 Å². The Labute approximate surface area is 194 Å². The fourth-order valence-corrected chi connectivity index (χ4v) is 4.99. The summed E-state index contributed by atoms with van der Waals surface area (Å²) in [5.74, 6) is -0.0714. The standard InChI is InChI=1S/C28H30N2O3/c1-5-23-22-15-19(4)17-28(23,24-12-13-26(31)30-25(24)16-22)29-14-6-7-20-8-10-21(11-9-20)27(32)33-18(2)3/h5-15,18,22H,16-17H2,1-4H3,(H,30,31). The van der Waals surface area contributed by atoms with E-state index in [2.05, 4.69) is 31.0 Å². The number of aliphatic imine (C=N–C) groups is 1. The molecular formula is C28H30N2O3. The van der Waals surface area contributed by atoms with E-state index in [1.165, 1.54) is 11.1 Å². The van der Waals surface area contributed by atoms with E-state index >= 15 is 0 Å². The monoisotopic (exact) mass is 442 g/mol. The maximum atomic E-state index is 12.0. The number of nitrogens with one attached hydrogen (secondary N) is 1. The van der Waals surface area contributed by atoms with Crippen molar-refractivity contribution >= 4 is 18.3 Å². The molecule has 2 aliphatic carbocycles. The molecular weight excluding hydrogens is 412 g/mol. The van der Waals surface area contributed by atoms with Gasteiger partial charge >= 0.3 is 5.97 Å². The topological polar surface area (TPSA) is 71.5 Å². The molecule has 1 N–H and O–H groups in total. The van der Waals surface area contributed by atoms with E-state index in [9.17, 15) is 9.59 Å². The Morgan fingerprint density at radius 3 is 2.67 bits per heavy atom. The van der Waals surface area contributed by atoms with Gasteiger partial charge in [0.05, 0.1) is 11.7 Å². The van der Waals surface area contributed by atoms with Crippen LogP contribution in [0.25, 0.3) is 6.08 Å². The Morgan fingerprint density at radius 2 is 1.97 bits per heavy atom. The number of hydrogen-bond acceptors (Lipinski definition) is 4. The zero-order chi connectivity index (χ0) is 23.6. The molecule has 0 amide bonds. The van der Waals surface area contributed by atoms with Crippen LogP contribution in [-0.2, 0) is 16.7 Å². The summed E-state index contributed by atoms with van der Waals surface area (Å²) in [7, 11) is 0. The van der Waals surface area contributed by atoms with Crippen molar-refractivity contribution in [1.29, 1.82) is 0 Å². The minimum absolute atomic E-state index is 0.0730. The van der Waals surface area contributed by atoms with Crippen LogP contribution in [0.5, 0.6) is 0 Å². The molecule has 2 atom stereocenters. The number of fused-ring (bicyclic) bond motifs is 4. The Bertz CT molecular complexity index is 1230. The van der Waals surface area contributed by atoms with E-state index in [0.717, 1.165) is 29.7 Å². The summed E-state index contributed by atoms with van der Waals surface area (Å²) in [6, 6.07) is 10.8. The molecule has 1 aromatic carbocycles. The van der Waals surface area contributed by atoms with Crippen LogP contribution >= 0.6 is 0 Å². The molecule has 0 saturated heterocycles. The van der Waals surface area contributed by atoms with Gasteiger partial charge in [-0.05, 0) is 69.5 Å². The van der Waals surface area contributed by atoms with Gasteiger partial charge in [0.1, 0.15) is 5.54 Å². The first-order chi connectivity index (χ1) is 15.8. The average Bonchev–Trinajstić information content (AvgIpc) is 2.76. The lowest BCUT2D eigenvalue weighted by Crippen LogP contribution is -2.40. The van der Waals surface area contributed by atoms with E-state index in [4.69, 9.17) is 9.73 Å². The highest BCUT2D eigenvalue weighted by molar-refractivity contribution is 5.90. The second-order valence-electron chi connectivity index (χ2n) is 9.03. The molecule has 1 aromatic heterocycles. The van der Waals surface area contributed by atoms with Crippen LogP contribution < -0.4 is 5.56 Å². The van der Waals surface area contributed by atoms with Crippen LogP contribution in [-0.4, -0.2) is 23.3 Å². The number of nitrogens with zero attached hydrogens (tertiary/aromatic N) is 1. The molecule has 0 fully saturated rings. The number of benzene rings is 1. The van der Waals surface area contributed by atoms with Crippen LogP contribution in [0.1, 0.15) is 61.3 Å². The lowest BCUT2D eigenvalue weighted by atomic mass is 9.63. The summed E-state index contributed by atoms with van der Waals surface area (Å²) < 4.78 is 5.23. The summed E-state index contributed by atoms with van der Waals surface area (Å²) in [6.07, 6.45) is 11.7. The summed E-state index contributed by atoms with van der Waals surface area (Å²) in [5.41, 5.74) is 5.59. The van der Waals surface area contributed by atoms with Crippen molar-refractivity contribution < 1.29 is 9.53 Å². The zero-order valence-electron chi connectivity index (χ0n) is 19.6. The van der Waals surface area contributed by atoms with Gasteiger partial charge in [-0.15, -0.1) is 0 Å². The smallest absolute Gasteiger partial charge is 0.338 e. The molecule has 5 nitrogen and oxygen atoms in total. The molecule has 4 rings (SSSR count). The number of aromatic amines is 1. The van der Waals surface area contributed by atoms with Gasteiger partial charge in [0, 0.05) is 35.9 Å². The molecule has 2 bridgehead atoms. The number of hydrogen-bond donors (Lipinski definition) is 1. The van der Waals surface area contributed by atoms with Crippen molar-refractivity contribution in [3.8, 4) is 0 Å². The molecule has 0 radical (unpaired) electrons. The van der Waals surface area contributed by atoms with Gasteiger partial charge in [-0.3, -0.25) is 9.79 Å². The molecule has 0 aliphatic heterocycles. The fraction of sp³-hybridized carbons (Fsp3) is 0.321. The molecule has 0 spiro atoms. The Balaban J connectivity index is 1.61. The van der Waals surface area contributed by atoms with Gasteiger partial charge in [0.25, 0.3) is 0 Å². The van der Waals surface area contributed by atoms with Crippen molar-refractivity contribution in [3.05, 3.63) is 98.5 Å². The van der Waals surface area contributed by atoms with Gasteiger partial charge in [0.2, 0.25) is 5.56 Å². The summed E-state index contributed by atoms with van der Waals surface area (Å²) >= 11 is 0. The van der Waals surface area contributed by atoms with Crippen molar-refractivity contribution in [3.63, 3.8) is 0 Å². The number of aromatic nitrogens is 1. The molecule has 1 heterocycles. The summed E-state index contributed by atoms with van der Waals surface area (Å²) in [5, 5.41) is 0. The number of pyridine rings is 1. The third-order valence-corrected chi connectivity index (χ3v) is 6.24. The highest BCUT2D eigenvalue weighted by atomic mass is 16.5. The van der Waals surface area contributed by atoms with E-state index in [-0.39, 0.29) is 23.6 Å². The van der Waals surface area contributed by atoms with Gasteiger partial charge in [-0.2, -0.15) is 0 Å². The highest BCUT2D eigenvalue weighted by Gasteiger charge is 2.46. The van der Waals surface area contributed by atoms with Crippen LogP contribution in [0.3, 0.4) is 0 Å². The number of H-pyrrole nitrogens is 1. The molecule has 170 valence electrons. The van der Waals surface area contributed by atoms with Gasteiger partial charge in [-0.1, -0.05) is 35.9 Å². The van der Waals surface area contributed by atoms with Gasteiger partial charge in [-0.25, -0.2) is 4.79 Å². The number of ether oxygens (including phenoxy) is 1. The Kier molecular flexibility index (Phi) is 6.32. The Hall–Kier alpha value is -3.47. The number of rotatable bonds is 5. The quantitative estimate of drug-likeness (QED) is 0.383. The minimum atomic E-state index is -0.495. The largest absolute Gasteiger partial charge is 0.459 e. The van der Waals surface area contributed by atoms with E-state index in [0.29, 0.717) is 5.56 Å². The van der Waals surface area contributed by atoms with Crippen LogP contribution in [0.15, 0.2) is 75.6 Å². The lowest BCUT2D eigenvalue weighted by Gasteiger charge is -2.45. The van der Waals surface area contributed by atoms with E-state index in [1.54, 1.807) is 18.2 Å². The molecule has 2 aromatic rings. The first-order valence-electron chi connectivity index (χ1n) is 11.4. The number of allylic oxidation sites excluding steroid dienone is 3. The normalized spacial score (nSPS) is 23.2.